The van der Waals surface area contributed by atoms with E-state index in [2.05, 4.69) is 0 Å². The number of carbonyl (C=O) groups excluding carboxylic acids is 1. The molecule has 0 radical (unpaired) electrons. The van der Waals surface area contributed by atoms with Gasteiger partial charge in [-0.3, -0.25) is 4.79 Å². The molecule has 3 atom stereocenters. The first-order chi connectivity index (χ1) is 11.7. The van der Waals surface area contributed by atoms with Gasteiger partial charge >= 0.3 is 5.97 Å². The smallest absolute Gasteiger partial charge is 0.304 e. The lowest BCUT2D eigenvalue weighted by atomic mass is 9.93. The summed E-state index contributed by atoms with van der Waals surface area (Å²) in [7, 11) is -4.26. The zero-order valence-electron chi connectivity index (χ0n) is 13.9. The minimum atomic E-state index is -4.26. The number of aliphatic hydroxyl groups is 2. The zero-order valence-corrected chi connectivity index (χ0v) is 14.7. The van der Waals surface area contributed by atoms with Gasteiger partial charge in [0.05, 0.1) is 4.90 Å². The summed E-state index contributed by atoms with van der Waals surface area (Å²) in [4.78, 5) is 11.3. The molecule has 25 heavy (non-hydrogen) atoms. The number of esters is 1. The topological polar surface area (TPSA) is 101 Å². The van der Waals surface area contributed by atoms with Gasteiger partial charge in [0.15, 0.2) is 0 Å². The van der Waals surface area contributed by atoms with Crippen LogP contribution >= 0.6 is 0 Å². The van der Waals surface area contributed by atoms with Crippen LogP contribution in [-0.4, -0.2) is 35.6 Å². The predicted octanol–water partition coefficient (Wildman–Crippen LogP) is 1.83. The van der Waals surface area contributed by atoms with Crippen molar-refractivity contribution in [2.75, 3.05) is 0 Å². The van der Waals surface area contributed by atoms with E-state index in [0.717, 1.165) is 13.8 Å². The van der Waals surface area contributed by atoms with Crippen molar-refractivity contribution in [2.45, 2.75) is 35.9 Å². The standard InChI is InChI=1S/C18H20O6S/c1-13(19)24-17(25(22,23)15-11-7-4-8-12-15)18(2,21)16(20)14-9-5-3-6-10-14/h3-12,16-17,20-21H,1-2H3/t16-,17-,18+/m0/s1. The molecule has 0 aliphatic carbocycles. The van der Waals surface area contributed by atoms with Gasteiger partial charge in [0.25, 0.3) is 0 Å². The Morgan fingerprint density at radius 3 is 2.00 bits per heavy atom. The van der Waals surface area contributed by atoms with Crippen molar-refractivity contribution in [3.05, 3.63) is 66.2 Å². The quantitative estimate of drug-likeness (QED) is 0.759. The van der Waals surface area contributed by atoms with Crippen molar-refractivity contribution in [1.82, 2.24) is 0 Å². The number of carbonyl (C=O) groups is 1. The Morgan fingerprint density at radius 2 is 1.52 bits per heavy atom. The second kappa shape index (κ2) is 7.35. The van der Waals surface area contributed by atoms with Gasteiger partial charge in [-0.2, -0.15) is 0 Å². The van der Waals surface area contributed by atoms with Crippen molar-refractivity contribution in [2.24, 2.45) is 0 Å². The Labute approximate surface area is 146 Å². The Balaban J connectivity index is 2.51. The molecule has 0 saturated carbocycles. The van der Waals surface area contributed by atoms with E-state index in [4.69, 9.17) is 4.74 Å². The molecule has 0 spiro atoms. The fourth-order valence-corrected chi connectivity index (χ4v) is 4.29. The number of sulfone groups is 1. The number of hydrogen-bond acceptors (Lipinski definition) is 6. The highest BCUT2D eigenvalue weighted by Crippen LogP contribution is 2.35. The van der Waals surface area contributed by atoms with E-state index in [1.54, 1.807) is 36.4 Å². The van der Waals surface area contributed by atoms with Crippen molar-refractivity contribution < 1.29 is 28.2 Å². The van der Waals surface area contributed by atoms with Crippen LogP contribution in [0.15, 0.2) is 65.6 Å². The van der Waals surface area contributed by atoms with E-state index in [1.165, 1.54) is 24.3 Å². The minimum absolute atomic E-state index is 0.123. The first-order valence-electron chi connectivity index (χ1n) is 7.59. The van der Waals surface area contributed by atoms with Crippen LogP contribution in [0.5, 0.6) is 0 Å². The molecule has 134 valence electrons. The van der Waals surface area contributed by atoms with Gasteiger partial charge in [-0.15, -0.1) is 0 Å². The Kier molecular flexibility index (Phi) is 5.62. The molecule has 7 heteroatoms. The molecule has 0 aliphatic heterocycles. The third kappa shape index (κ3) is 4.07. The molecule has 2 N–H and O–H groups in total. The largest absolute Gasteiger partial charge is 0.442 e. The fraction of sp³-hybridized carbons (Fsp3) is 0.278. The maximum atomic E-state index is 12.9. The number of rotatable bonds is 6. The molecule has 0 bridgehead atoms. The van der Waals surface area contributed by atoms with Crippen LogP contribution in [0.4, 0.5) is 0 Å². The third-order valence-electron chi connectivity index (χ3n) is 3.77. The van der Waals surface area contributed by atoms with E-state index in [-0.39, 0.29) is 4.90 Å². The normalized spacial score (nSPS) is 16.5. The Bertz CT molecular complexity index is 815. The fourth-order valence-electron chi connectivity index (χ4n) is 2.48. The highest BCUT2D eigenvalue weighted by atomic mass is 32.2. The monoisotopic (exact) mass is 364 g/mol. The summed E-state index contributed by atoms with van der Waals surface area (Å²) in [5.74, 6) is -0.884. The third-order valence-corrected chi connectivity index (χ3v) is 5.84. The summed E-state index contributed by atoms with van der Waals surface area (Å²) in [6, 6.07) is 15.4. The lowest BCUT2D eigenvalue weighted by molar-refractivity contribution is -0.163. The van der Waals surface area contributed by atoms with Gasteiger partial charge in [-0.1, -0.05) is 48.5 Å². The molecule has 0 fully saturated rings. The number of benzene rings is 2. The molecule has 2 aromatic carbocycles. The van der Waals surface area contributed by atoms with Crippen LogP contribution in [0.1, 0.15) is 25.5 Å². The van der Waals surface area contributed by atoms with E-state index in [0.29, 0.717) is 5.56 Å². The van der Waals surface area contributed by atoms with E-state index >= 15 is 0 Å². The number of ether oxygens (including phenoxy) is 1. The van der Waals surface area contributed by atoms with Gasteiger partial charge in [0.2, 0.25) is 15.3 Å². The van der Waals surface area contributed by atoms with Crippen molar-refractivity contribution >= 4 is 15.8 Å². The molecular formula is C18H20O6S. The van der Waals surface area contributed by atoms with Crippen LogP contribution in [0.3, 0.4) is 0 Å². The van der Waals surface area contributed by atoms with Crippen LogP contribution in [-0.2, 0) is 19.4 Å². The highest BCUT2D eigenvalue weighted by molar-refractivity contribution is 7.92. The summed E-state index contributed by atoms with van der Waals surface area (Å²) in [6.07, 6.45) is -1.59. The van der Waals surface area contributed by atoms with E-state index in [9.17, 15) is 23.4 Å². The predicted molar refractivity (Wildman–Crippen MR) is 91.2 cm³/mol. The SMILES string of the molecule is CC(=O)O[C@H]([C@](C)(O)[C@@H](O)c1ccccc1)S(=O)(=O)c1ccccc1. The van der Waals surface area contributed by atoms with Gasteiger partial charge in [-0.05, 0) is 24.6 Å². The molecular weight excluding hydrogens is 344 g/mol. The summed E-state index contributed by atoms with van der Waals surface area (Å²) < 4.78 is 30.7. The Morgan fingerprint density at radius 1 is 1.04 bits per heavy atom. The van der Waals surface area contributed by atoms with Crippen molar-refractivity contribution in [3.63, 3.8) is 0 Å². The van der Waals surface area contributed by atoms with Gasteiger partial charge in [0, 0.05) is 6.92 Å². The Hall–Kier alpha value is -2.22. The van der Waals surface area contributed by atoms with Crippen LogP contribution in [0.25, 0.3) is 0 Å². The lowest BCUT2D eigenvalue weighted by Gasteiger charge is -2.35. The molecule has 0 aromatic heterocycles. The molecule has 0 aliphatic rings. The summed E-state index contributed by atoms with van der Waals surface area (Å²) in [6.45, 7) is 2.16. The molecule has 0 saturated heterocycles. The second-order valence-electron chi connectivity index (χ2n) is 5.84. The first kappa shape index (κ1) is 19.1. The number of aliphatic hydroxyl groups excluding tert-OH is 1. The molecule has 0 unspecified atom stereocenters. The first-order valence-corrected chi connectivity index (χ1v) is 9.13. The summed E-state index contributed by atoms with van der Waals surface area (Å²) in [5, 5.41) is 21.4. The lowest BCUT2D eigenvalue weighted by Crippen LogP contribution is -2.51. The maximum absolute atomic E-state index is 12.9. The molecule has 6 nitrogen and oxygen atoms in total. The molecule has 2 rings (SSSR count). The average Bonchev–Trinajstić information content (AvgIpc) is 2.60. The van der Waals surface area contributed by atoms with Gasteiger partial charge in [0.1, 0.15) is 11.7 Å². The summed E-state index contributed by atoms with van der Waals surface area (Å²) >= 11 is 0. The molecule has 0 heterocycles. The van der Waals surface area contributed by atoms with Crippen LogP contribution in [0, 0.1) is 0 Å². The molecule has 2 aromatic rings. The van der Waals surface area contributed by atoms with Crippen molar-refractivity contribution in [3.8, 4) is 0 Å². The van der Waals surface area contributed by atoms with Gasteiger partial charge in [-0.25, -0.2) is 8.42 Å². The molecule has 0 amide bonds. The zero-order chi connectivity index (χ0) is 18.7. The van der Waals surface area contributed by atoms with E-state index in [1.807, 2.05) is 0 Å². The second-order valence-corrected chi connectivity index (χ2v) is 7.83. The number of hydrogen-bond donors (Lipinski definition) is 2. The van der Waals surface area contributed by atoms with Gasteiger partial charge < -0.3 is 14.9 Å². The highest BCUT2D eigenvalue weighted by Gasteiger charge is 2.50. The van der Waals surface area contributed by atoms with Crippen molar-refractivity contribution in [1.29, 1.82) is 0 Å². The van der Waals surface area contributed by atoms with E-state index < -0.39 is 32.9 Å². The average molecular weight is 364 g/mol. The van der Waals surface area contributed by atoms with Crippen LogP contribution in [0.2, 0.25) is 0 Å². The minimum Gasteiger partial charge on any atom is -0.442 e. The van der Waals surface area contributed by atoms with Crippen LogP contribution < -0.4 is 0 Å². The summed E-state index contributed by atoms with van der Waals surface area (Å²) in [5.41, 5.74) is -3.95. The maximum Gasteiger partial charge on any atom is 0.304 e.